The van der Waals surface area contributed by atoms with Crippen LogP contribution in [0.4, 0.5) is 19.0 Å². The number of nitrogens with zero attached hydrogens (tertiary/aromatic N) is 2. The van der Waals surface area contributed by atoms with Gasteiger partial charge in [-0.1, -0.05) is 26.2 Å². The van der Waals surface area contributed by atoms with Gasteiger partial charge in [0.05, 0.1) is 5.39 Å². The number of fused-ring (bicyclic) bond motifs is 1. The van der Waals surface area contributed by atoms with Gasteiger partial charge in [-0.15, -0.1) is 0 Å². The molecule has 0 aromatic carbocycles. The molecule has 0 atom stereocenters. The lowest BCUT2D eigenvalue weighted by Crippen LogP contribution is -2.14. The minimum Gasteiger partial charge on any atom is -0.369 e. The van der Waals surface area contributed by atoms with Crippen molar-refractivity contribution >= 4 is 16.9 Å². The molecule has 0 amide bonds. The van der Waals surface area contributed by atoms with Crippen molar-refractivity contribution < 1.29 is 13.2 Å². The number of nitrogens with one attached hydrogen (secondary N) is 2. The van der Waals surface area contributed by atoms with E-state index >= 15 is 0 Å². The Hall–Kier alpha value is -1.79. The van der Waals surface area contributed by atoms with Crippen molar-refractivity contribution in [2.24, 2.45) is 0 Å². The lowest BCUT2D eigenvalue weighted by atomic mass is 10.2. The van der Waals surface area contributed by atoms with Gasteiger partial charge in [0.1, 0.15) is 11.5 Å². The van der Waals surface area contributed by atoms with Gasteiger partial charge in [0.2, 0.25) is 5.82 Å². The van der Waals surface area contributed by atoms with E-state index in [1.165, 1.54) is 0 Å². The van der Waals surface area contributed by atoms with E-state index in [1.54, 1.807) is 13.0 Å². The fourth-order valence-electron chi connectivity index (χ4n) is 2.16. The molecule has 2 heterocycles. The van der Waals surface area contributed by atoms with Crippen LogP contribution in [0.25, 0.3) is 11.0 Å². The molecule has 0 saturated heterocycles. The van der Waals surface area contributed by atoms with Gasteiger partial charge in [0.15, 0.2) is 0 Å². The average molecular weight is 300 g/mol. The Bertz CT molecular complexity index is 604. The topological polar surface area (TPSA) is 53.6 Å². The summed E-state index contributed by atoms with van der Waals surface area (Å²) in [6.07, 6.45) is -0.350. The third kappa shape index (κ3) is 3.86. The first-order chi connectivity index (χ1) is 9.91. The molecule has 0 radical (unpaired) electrons. The molecule has 21 heavy (non-hydrogen) atoms. The van der Waals surface area contributed by atoms with Gasteiger partial charge in [0, 0.05) is 12.2 Å². The number of unbranched alkanes of at least 4 members (excludes halogenated alkanes) is 3. The molecular weight excluding hydrogens is 281 g/mol. The standard InChI is InChI=1S/C14H19F3N4/c1-3-4-5-6-7-18-11-10-8-9(2)19-12(10)21-13(20-11)14(15,16)17/h8H,3-7H2,1-2H3,(H2,18,19,20,21). The Morgan fingerprint density at radius 2 is 1.95 bits per heavy atom. The second-order valence-corrected chi connectivity index (χ2v) is 5.10. The molecule has 0 aliphatic rings. The first kappa shape index (κ1) is 15.6. The maximum absolute atomic E-state index is 12.8. The molecule has 0 aliphatic heterocycles. The molecule has 0 spiro atoms. The lowest BCUT2D eigenvalue weighted by Gasteiger charge is -2.10. The number of hydrogen-bond acceptors (Lipinski definition) is 3. The number of aromatic nitrogens is 3. The van der Waals surface area contributed by atoms with Crippen LogP contribution in [0.3, 0.4) is 0 Å². The Morgan fingerprint density at radius 1 is 1.19 bits per heavy atom. The summed E-state index contributed by atoms with van der Waals surface area (Å²) in [7, 11) is 0. The van der Waals surface area contributed by atoms with E-state index in [-0.39, 0.29) is 11.5 Å². The van der Waals surface area contributed by atoms with Crippen molar-refractivity contribution in [2.45, 2.75) is 45.7 Å². The predicted octanol–water partition coefficient (Wildman–Crippen LogP) is 4.28. The predicted molar refractivity (Wildman–Crippen MR) is 76.3 cm³/mol. The van der Waals surface area contributed by atoms with Crippen LogP contribution >= 0.6 is 0 Å². The van der Waals surface area contributed by atoms with E-state index in [1.807, 2.05) is 0 Å². The maximum Gasteiger partial charge on any atom is 0.451 e. The van der Waals surface area contributed by atoms with Crippen molar-refractivity contribution in [1.29, 1.82) is 0 Å². The zero-order chi connectivity index (χ0) is 15.5. The van der Waals surface area contributed by atoms with Crippen LogP contribution < -0.4 is 5.32 Å². The first-order valence-corrected chi connectivity index (χ1v) is 7.10. The highest BCUT2D eigenvalue weighted by Gasteiger charge is 2.35. The molecule has 4 nitrogen and oxygen atoms in total. The van der Waals surface area contributed by atoms with Gasteiger partial charge in [-0.05, 0) is 19.4 Å². The van der Waals surface area contributed by atoms with E-state index < -0.39 is 12.0 Å². The van der Waals surface area contributed by atoms with Crippen LogP contribution in [0, 0.1) is 6.92 Å². The summed E-state index contributed by atoms with van der Waals surface area (Å²) in [5.74, 6) is -0.874. The van der Waals surface area contributed by atoms with Crippen molar-refractivity contribution in [3.05, 3.63) is 17.6 Å². The Labute approximate surface area is 121 Å². The molecule has 0 unspecified atom stereocenters. The van der Waals surface area contributed by atoms with Gasteiger partial charge < -0.3 is 10.3 Å². The van der Waals surface area contributed by atoms with Crippen molar-refractivity contribution in [3.8, 4) is 0 Å². The fraction of sp³-hybridized carbons (Fsp3) is 0.571. The third-order valence-electron chi connectivity index (χ3n) is 3.20. The van der Waals surface area contributed by atoms with Crippen LogP contribution in [0.2, 0.25) is 0 Å². The summed E-state index contributed by atoms with van der Waals surface area (Å²) in [5.41, 5.74) is 0.971. The van der Waals surface area contributed by atoms with Gasteiger partial charge in [-0.3, -0.25) is 0 Å². The van der Waals surface area contributed by atoms with E-state index in [0.29, 0.717) is 11.9 Å². The highest BCUT2D eigenvalue weighted by molar-refractivity contribution is 5.87. The summed E-state index contributed by atoms with van der Waals surface area (Å²) in [4.78, 5) is 10.0. The van der Waals surface area contributed by atoms with E-state index in [9.17, 15) is 13.2 Å². The number of anilines is 1. The average Bonchev–Trinajstić information content (AvgIpc) is 2.77. The number of alkyl halides is 3. The highest BCUT2D eigenvalue weighted by Crippen LogP contribution is 2.30. The number of aryl methyl sites for hydroxylation is 1. The van der Waals surface area contributed by atoms with Crippen LogP contribution in [-0.2, 0) is 6.18 Å². The number of rotatable bonds is 6. The molecule has 7 heteroatoms. The van der Waals surface area contributed by atoms with Crippen LogP contribution in [0.5, 0.6) is 0 Å². The summed E-state index contributed by atoms with van der Waals surface area (Å²) >= 11 is 0. The summed E-state index contributed by atoms with van der Waals surface area (Å²) in [6, 6.07) is 1.75. The SMILES string of the molecule is CCCCCCNc1nc(C(F)(F)F)nc2[nH]c(C)cc12. The van der Waals surface area contributed by atoms with Crippen LogP contribution in [0.1, 0.15) is 44.1 Å². The minimum atomic E-state index is -4.55. The molecule has 0 saturated carbocycles. The first-order valence-electron chi connectivity index (χ1n) is 7.10. The Balaban J connectivity index is 2.23. The molecule has 0 aliphatic carbocycles. The Morgan fingerprint density at radius 3 is 2.62 bits per heavy atom. The minimum absolute atomic E-state index is 0.214. The molecule has 116 valence electrons. The molecule has 2 aromatic heterocycles. The zero-order valence-electron chi connectivity index (χ0n) is 12.1. The quantitative estimate of drug-likeness (QED) is 0.783. The largest absolute Gasteiger partial charge is 0.451 e. The number of halogens is 3. The van der Waals surface area contributed by atoms with Crippen LogP contribution in [-0.4, -0.2) is 21.5 Å². The second-order valence-electron chi connectivity index (χ2n) is 5.10. The van der Waals surface area contributed by atoms with Crippen molar-refractivity contribution in [3.63, 3.8) is 0 Å². The lowest BCUT2D eigenvalue weighted by molar-refractivity contribution is -0.144. The number of aromatic amines is 1. The van der Waals surface area contributed by atoms with Gasteiger partial charge in [-0.25, -0.2) is 9.97 Å². The highest BCUT2D eigenvalue weighted by atomic mass is 19.4. The molecule has 0 bridgehead atoms. The van der Waals surface area contributed by atoms with E-state index in [4.69, 9.17) is 0 Å². The van der Waals surface area contributed by atoms with Gasteiger partial charge in [-0.2, -0.15) is 13.2 Å². The van der Waals surface area contributed by atoms with Crippen LogP contribution in [0.15, 0.2) is 6.07 Å². The molecule has 2 rings (SSSR count). The monoisotopic (exact) mass is 300 g/mol. The summed E-state index contributed by atoms with van der Waals surface area (Å²) < 4.78 is 38.5. The molecular formula is C14H19F3N4. The molecule has 2 N–H and O–H groups in total. The van der Waals surface area contributed by atoms with E-state index in [2.05, 4.69) is 27.2 Å². The molecule has 0 fully saturated rings. The third-order valence-corrected chi connectivity index (χ3v) is 3.20. The summed E-state index contributed by atoms with van der Waals surface area (Å²) in [6.45, 7) is 4.49. The van der Waals surface area contributed by atoms with Crippen molar-refractivity contribution in [1.82, 2.24) is 15.0 Å². The normalized spacial score (nSPS) is 12.0. The maximum atomic E-state index is 12.8. The number of H-pyrrole nitrogens is 1. The van der Waals surface area contributed by atoms with Gasteiger partial charge in [0.25, 0.3) is 0 Å². The van der Waals surface area contributed by atoms with Crippen molar-refractivity contribution in [2.75, 3.05) is 11.9 Å². The second kappa shape index (κ2) is 6.32. The zero-order valence-corrected chi connectivity index (χ0v) is 12.1. The van der Waals surface area contributed by atoms with E-state index in [0.717, 1.165) is 31.4 Å². The Kier molecular flexibility index (Phi) is 4.69. The fourth-order valence-corrected chi connectivity index (χ4v) is 2.16. The smallest absolute Gasteiger partial charge is 0.369 e. The number of hydrogen-bond donors (Lipinski definition) is 2. The summed E-state index contributed by atoms with van der Waals surface area (Å²) in [5, 5.41) is 3.59. The van der Waals surface area contributed by atoms with Gasteiger partial charge >= 0.3 is 6.18 Å². The molecule has 2 aromatic rings.